The van der Waals surface area contributed by atoms with Crippen LogP contribution in [-0.4, -0.2) is 27.0 Å². The summed E-state index contributed by atoms with van der Waals surface area (Å²) >= 11 is 1.85. The molecule has 2 unspecified atom stereocenters. The first-order chi connectivity index (χ1) is 16.0. The van der Waals surface area contributed by atoms with Gasteiger partial charge in [-0.25, -0.2) is 14.4 Å². The maximum atomic E-state index is 12.8. The average Bonchev–Trinajstić information content (AvgIpc) is 3.34. The Labute approximate surface area is 196 Å². The summed E-state index contributed by atoms with van der Waals surface area (Å²) in [5.74, 6) is 0.681. The van der Waals surface area contributed by atoms with Gasteiger partial charge in [0, 0.05) is 27.3 Å². The molecule has 0 spiro atoms. The molecule has 0 radical (unpaired) electrons. The van der Waals surface area contributed by atoms with Crippen LogP contribution in [0, 0.1) is 0 Å². The Hall–Kier alpha value is -3.23. The number of hydrogen-bond donors (Lipinski definition) is 2. The molecule has 8 heteroatoms. The third-order valence-electron chi connectivity index (χ3n) is 5.41. The molecule has 2 aromatic carbocycles. The van der Waals surface area contributed by atoms with Gasteiger partial charge in [0.15, 0.2) is 17.3 Å². The number of benzene rings is 2. The van der Waals surface area contributed by atoms with Gasteiger partial charge in [0.25, 0.3) is 0 Å². The van der Waals surface area contributed by atoms with Crippen molar-refractivity contribution in [1.82, 2.24) is 15.1 Å². The number of rotatable bonds is 8. The van der Waals surface area contributed by atoms with Gasteiger partial charge in [-0.1, -0.05) is 55.4 Å². The lowest BCUT2D eigenvalue weighted by molar-refractivity contribution is 0.433. The minimum atomic E-state index is -0.632. The van der Waals surface area contributed by atoms with Gasteiger partial charge in [-0.2, -0.15) is 0 Å². The molecule has 0 aliphatic carbocycles. The van der Waals surface area contributed by atoms with Crippen molar-refractivity contribution in [2.75, 3.05) is 12.4 Å². The standard InChI is InChI=1S/C25H26FN5OS/c1-3-15(2)33-19-10-8-18(9-11-19)22-14-29-25(28)24(30-22)23-12-21(31-32-23)17-6-4-16(5-7-17)20(27)13-26/h4-12,14-15,20H,3,13,27H2,1-2H3,(H2,28,29). The fraction of sp³-hybridized carbons (Fsp3) is 0.240. The second-order valence-electron chi connectivity index (χ2n) is 7.81. The predicted octanol–water partition coefficient (Wildman–Crippen LogP) is 5.91. The quantitative estimate of drug-likeness (QED) is 0.313. The molecular formula is C25H26FN5OS. The third kappa shape index (κ3) is 5.23. The van der Waals surface area contributed by atoms with E-state index < -0.39 is 12.7 Å². The SMILES string of the molecule is CCC(C)Sc1ccc(-c2cnc(N)c(-c3cc(-c4ccc(C(N)CF)cc4)no3)n2)cc1. The molecule has 0 saturated heterocycles. The summed E-state index contributed by atoms with van der Waals surface area (Å²) in [6.07, 6.45) is 2.77. The number of thioether (sulfide) groups is 1. The smallest absolute Gasteiger partial charge is 0.189 e. The van der Waals surface area contributed by atoms with E-state index in [1.54, 1.807) is 24.4 Å². The number of alkyl halides is 1. The Balaban J connectivity index is 1.58. The summed E-state index contributed by atoms with van der Waals surface area (Å²) in [5, 5.41) is 4.71. The van der Waals surface area contributed by atoms with E-state index in [1.807, 2.05) is 36.0 Å². The zero-order chi connectivity index (χ0) is 23.4. The van der Waals surface area contributed by atoms with Gasteiger partial charge >= 0.3 is 0 Å². The molecule has 2 atom stereocenters. The first-order valence-corrected chi connectivity index (χ1v) is 11.6. The van der Waals surface area contributed by atoms with Crippen LogP contribution in [0.5, 0.6) is 0 Å². The Morgan fingerprint density at radius 3 is 2.36 bits per heavy atom. The van der Waals surface area contributed by atoms with Crippen LogP contribution in [0.3, 0.4) is 0 Å². The molecule has 0 aliphatic heterocycles. The van der Waals surface area contributed by atoms with E-state index in [0.29, 0.717) is 28.1 Å². The highest BCUT2D eigenvalue weighted by Crippen LogP contribution is 2.31. The minimum absolute atomic E-state index is 0.259. The van der Waals surface area contributed by atoms with E-state index in [4.69, 9.17) is 16.0 Å². The summed E-state index contributed by atoms with van der Waals surface area (Å²) in [6.45, 7) is 3.79. The maximum absolute atomic E-state index is 12.8. The summed E-state index contributed by atoms with van der Waals surface area (Å²) in [4.78, 5) is 10.2. The largest absolute Gasteiger partial charge is 0.382 e. The van der Waals surface area contributed by atoms with Crippen LogP contribution in [0.25, 0.3) is 34.0 Å². The van der Waals surface area contributed by atoms with Crippen molar-refractivity contribution in [1.29, 1.82) is 0 Å². The van der Waals surface area contributed by atoms with E-state index >= 15 is 0 Å². The lowest BCUT2D eigenvalue weighted by Crippen LogP contribution is -2.11. The molecule has 4 N–H and O–H groups in total. The molecule has 4 aromatic rings. The van der Waals surface area contributed by atoms with Gasteiger partial charge in [-0.15, -0.1) is 11.8 Å². The van der Waals surface area contributed by atoms with E-state index in [1.165, 1.54) is 4.90 Å². The molecule has 2 aromatic heterocycles. The number of aromatic nitrogens is 3. The molecular weight excluding hydrogens is 437 g/mol. The second kappa shape index (κ2) is 10.1. The highest BCUT2D eigenvalue weighted by Gasteiger charge is 2.16. The summed E-state index contributed by atoms with van der Waals surface area (Å²) in [6, 6.07) is 16.6. The highest BCUT2D eigenvalue weighted by atomic mass is 32.2. The second-order valence-corrected chi connectivity index (χ2v) is 9.32. The van der Waals surface area contributed by atoms with Crippen molar-refractivity contribution in [2.24, 2.45) is 5.73 Å². The van der Waals surface area contributed by atoms with E-state index in [9.17, 15) is 4.39 Å². The van der Waals surface area contributed by atoms with Crippen LogP contribution in [0.15, 0.2) is 70.2 Å². The van der Waals surface area contributed by atoms with Crippen LogP contribution >= 0.6 is 11.8 Å². The first kappa shape index (κ1) is 22.9. The van der Waals surface area contributed by atoms with Gasteiger partial charge in [-0.3, -0.25) is 0 Å². The van der Waals surface area contributed by atoms with Gasteiger partial charge in [0.2, 0.25) is 0 Å². The molecule has 2 heterocycles. The molecule has 0 fully saturated rings. The molecule has 4 rings (SSSR count). The summed E-state index contributed by atoms with van der Waals surface area (Å²) in [5.41, 5.74) is 16.1. The molecule has 0 amide bonds. The fourth-order valence-corrected chi connectivity index (χ4v) is 4.18. The van der Waals surface area contributed by atoms with Crippen molar-refractivity contribution in [3.05, 3.63) is 66.4 Å². The van der Waals surface area contributed by atoms with Crippen molar-refractivity contribution in [2.45, 2.75) is 36.5 Å². The Morgan fingerprint density at radius 1 is 1.03 bits per heavy atom. The van der Waals surface area contributed by atoms with Gasteiger partial charge in [-0.05, 0) is 24.1 Å². The molecule has 33 heavy (non-hydrogen) atoms. The zero-order valence-corrected chi connectivity index (χ0v) is 19.3. The van der Waals surface area contributed by atoms with Gasteiger partial charge in [0.05, 0.1) is 17.9 Å². The van der Waals surface area contributed by atoms with Crippen LogP contribution in [-0.2, 0) is 0 Å². The molecule has 0 aliphatic rings. The van der Waals surface area contributed by atoms with Crippen molar-refractivity contribution in [3.8, 4) is 34.0 Å². The number of halogens is 1. The maximum Gasteiger partial charge on any atom is 0.189 e. The number of nitrogens with two attached hydrogens (primary N) is 2. The van der Waals surface area contributed by atoms with Gasteiger partial charge in [0.1, 0.15) is 12.4 Å². The minimum Gasteiger partial charge on any atom is -0.382 e. The van der Waals surface area contributed by atoms with Crippen LogP contribution in [0.4, 0.5) is 10.2 Å². The van der Waals surface area contributed by atoms with E-state index in [0.717, 1.165) is 23.1 Å². The van der Waals surface area contributed by atoms with Crippen LogP contribution in [0.2, 0.25) is 0 Å². The first-order valence-electron chi connectivity index (χ1n) is 10.8. The molecule has 0 bridgehead atoms. The average molecular weight is 464 g/mol. The normalized spacial score (nSPS) is 13.1. The predicted molar refractivity (Wildman–Crippen MR) is 131 cm³/mol. The number of anilines is 1. The molecule has 6 nitrogen and oxygen atoms in total. The molecule has 0 saturated carbocycles. The zero-order valence-electron chi connectivity index (χ0n) is 18.5. The van der Waals surface area contributed by atoms with Crippen molar-refractivity contribution in [3.63, 3.8) is 0 Å². The molecule has 170 valence electrons. The number of nitrogen functional groups attached to an aromatic ring is 1. The van der Waals surface area contributed by atoms with Crippen LogP contribution < -0.4 is 11.5 Å². The third-order valence-corrected chi connectivity index (χ3v) is 6.69. The lowest BCUT2D eigenvalue weighted by atomic mass is 10.0. The number of nitrogens with zero attached hydrogens (tertiary/aromatic N) is 3. The van der Waals surface area contributed by atoms with Crippen molar-refractivity contribution >= 4 is 17.6 Å². The fourth-order valence-electron chi connectivity index (χ4n) is 3.25. The Morgan fingerprint density at radius 2 is 1.70 bits per heavy atom. The Kier molecular flexibility index (Phi) is 7.05. The van der Waals surface area contributed by atoms with Crippen molar-refractivity contribution < 1.29 is 8.91 Å². The Bertz CT molecular complexity index is 1210. The van der Waals surface area contributed by atoms with E-state index in [2.05, 4.69) is 41.1 Å². The van der Waals surface area contributed by atoms with Gasteiger partial charge < -0.3 is 16.0 Å². The summed E-state index contributed by atoms with van der Waals surface area (Å²) < 4.78 is 18.3. The monoisotopic (exact) mass is 463 g/mol. The summed E-state index contributed by atoms with van der Waals surface area (Å²) in [7, 11) is 0. The lowest BCUT2D eigenvalue weighted by Gasteiger charge is -2.09. The topological polar surface area (TPSA) is 104 Å². The van der Waals surface area contributed by atoms with E-state index in [-0.39, 0.29) is 5.82 Å². The van der Waals surface area contributed by atoms with Crippen LogP contribution in [0.1, 0.15) is 31.9 Å². The highest BCUT2D eigenvalue weighted by molar-refractivity contribution is 7.99. The number of hydrogen-bond acceptors (Lipinski definition) is 7.